The summed E-state index contributed by atoms with van der Waals surface area (Å²) in [5, 5.41) is 11.8. The van der Waals surface area contributed by atoms with Crippen LogP contribution >= 0.6 is 0 Å². The number of anilines is 3. The molecule has 0 bridgehead atoms. The molecule has 0 spiro atoms. The molecule has 0 unspecified atom stereocenters. The van der Waals surface area contributed by atoms with Crippen LogP contribution in [0, 0.1) is 6.92 Å². The Morgan fingerprint density at radius 3 is 2.09 bits per heavy atom. The van der Waals surface area contributed by atoms with E-state index in [0.717, 1.165) is 11.4 Å². The van der Waals surface area contributed by atoms with Gasteiger partial charge in [-0.1, -0.05) is 6.07 Å². The van der Waals surface area contributed by atoms with Gasteiger partial charge in [-0.15, -0.1) is 10.2 Å². The van der Waals surface area contributed by atoms with Gasteiger partial charge >= 0.3 is 0 Å². The van der Waals surface area contributed by atoms with Gasteiger partial charge in [-0.3, -0.25) is 4.79 Å². The lowest BCUT2D eigenvalue weighted by Crippen LogP contribution is -2.49. The smallest absolute Gasteiger partial charge is 0.254 e. The van der Waals surface area contributed by atoms with Crippen molar-refractivity contribution in [1.82, 2.24) is 20.1 Å². The van der Waals surface area contributed by atoms with Crippen molar-refractivity contribution in [2.75, 3.05) is 57.7 Å². The van der Waals surface area contributed by atoms with E-state index in [4.69, 9.17) is 14.2 Å². The number of benzene rings is 1. The largest absolute Gasteiger partial charge is 0.493 e. The highest BCUT2D eigenvalue weighted by atomic mass is 16.5. The minimum atomic E-state index is -0.0878. The molecule has 3 aromatic rings. The number of hydrogen-bond donors (Lipinski definition) is 1. The summed E-state index contributed by atoms with van der Waals surface area (Å²) >= 11 is 0. The lowest BCUT2D eigenvalue weighted by Gasteiger charge is -2.35. The Morgan fingerprint density at radius 2 is 1.56 bits per heavy atom. The molecule has 0 aliphatic carbocycles. The molecule has 178 valence electrons. The predicted octanol–water partition coefficient (Wildman–Crippen LogP) is 2.91. The molecule has 1 saturated heterocycles. The SMILES string of the molecule is COc1cc(C(=O)N2CCN(c3ccc(Nc4ccc(C)cn4)nn3)CC2)cc(OC)c1OC. The van der Waals surface area contributed by atoms with E-state index in [1.807, 2.05) is 36.1 Å². The Morgan fingerprint density at radius 1 is 0.882 bits per heavy atom. The first-order valence-electron chi connectivity index (χ1n) is 10.9. The van der Waals surface area contributed by atoms with Crippen LogP contribution in [-0.4, -0.2) is 73.5 Å². The van der Waals surface area contributed by atoms with Crippen LogP contribution in [0.15, 0.2) is 42.6 Å². The first-order chi connectivity index (χ1) is 16.5. The fourth-order valence-electron chi connectivity index (χ4n) is 3.76. The maximum Gasteiger partial charge on any atom is 0.254 e. The summed E-state index contributed by atoms with van der Waals surface area (Å²) in [6, 6.07) is 11.0. The molecule has 4 rings (SSSR count). The Bertz CT molecular complexity index is 1100. The number of nitrogens with zero attached hydrogens (tertiary/aromatic N) is 5. The molecule has 34 heavy (non-hydrogen) atoms. The fraction of sp³-hybridized carbons (Fsp3) is 0.333. The number of pyridine rings is 1. The number of piperazine rings is 1. The number of methoxy groups -OCH3 is 3. The van der Waals surface area contributed by atoms with E-state index in [1.165, 1.54) is 21.3 Å². The molecule has 10 nitrogen and oxygen atoms in total. The van der Waals surface area contributed by atoms with Crippen LogP contribution in [-0.2, 0) is 0 Å². The average Bonchev–Trinajstić information content (AvgIpc) is 2.89. The van der Waals surface area contributed by atoms with Crippen molar-refractivity contribution >= 4 is 23.4 Å². The van der Waals surface area contributed by atoms with Crippen molar-refractivity contribution in [3.8, 4) is 17.2 Å². The summed E-state index contributed by atoms with van der Waals surface area (Å²) < 4.78 is 16.1. The summed E-state index contributed by atoms with van der Waals surface area (Å²) in [6.45, 7) is 4.41. The van der Waals surface area contributed by atoms with Gasteiger partial charge in [0.15, 0.2) is 23.1 Å². The van der Waals surface area contributed by atoms with Crippen molar-refractivity contribution < 1.29 is 19.0 Å². The van der Waals surface area contributed by atoms with Gasteiger partial charge in [-0.05, 0) is 42.8 Å². The molecule has 1 aromatic carbocycles. The molecule has 10 heteroatoms. The minimum absolute atomic E-state index is 0.0878. The Labute approximate surface area is 198 Å². The van der Waals surface area contributed by atoms with Gasteiger partial charge in [0, 0.05) is 37.9 Å². The van der Waals surface area contributed by atoms with E-state index in [9.17, 15) is 4.79 Å². The van der Waals surface area contributed by atoms with Crippen LogP contribution in [0.1, 0.15) is 15.9 Å². The zero-order valence-electron chi connectivity index (χ0n) is 19.7. The second-order valence-corrected chi connectivity index (χ2v) is 7.82. The summed E-state index contributed by atoms with van der Waals surface area (Å²) in [6.07, 6.45) is 1.79. The molecule has 1 aliphatic rings. The monoisotopic (exact) mass is 464 g/mol. The predicted molar refractivity (Wildman–Crippen MR) is 129 cm³/mol. The maximum absolute atomic E-state index is 13.1. The van der Waals surface area contributed by atoms with E-state index >= 15 is 0 Å². The molecule has 0 atom stereocenters. The number of aromatic nitrogens is 3. The summed E-state index contributed by atoms with van der Waals surface area (Å²) in [7, 11) is 4.60. The lowest BCUT2D eigenvalue weighted by atomic mass is 10.1. The summed E-state index contributed by atoms with van der Waals surface area (Å²) in [4.78, 5) is 21.4. The van der Waals surface area contributed by atoms with Gasteiger partial charge in [-0.25, -0.2) is 4.98 Å². The van der Waals surface area contributed by atoms with Gasteiger partial charge in [-0.2, -0.15) is 0 Å². The highest BCUT2D eigenvalue weighted by molar-refractivity contribution is 5.95. The minimum Gasteiger partial charge on any atom is -0.493 e. The molecule has 2 aromatic heterocycles. The van der Waals surface area contributed by atoms with Crippen molar-refractivity contribution in [3.63, 3.8) is 0 Å². The highest BCUT2D eigenvalue weighted by Crippen LogP contribution is 2.38. The van der Waals surface area contributed by atoms with Crippen LogP contribution in [0.2, 0.25) is 0 Å². The molecule has 0 radical (unpaired) electrons. The quantitative estimate of drug-likeness (QED) is 0.565. The second kappa shape index (κ2) is 10.2. The first kappa shape index (κ1) is 23.1. The molecule has 1 aliphatic heterocycles. The highest BCUT2D eigenvalue weighted by Gasteiger charge is 2.25. The van der Waals surface area contributed by atoms with Gasteiger partial charge in [0.1, 0.15) is 5.82 Å². The molecular formula is C24H28N6O4. The van der Waals surface area contributed by atoms with Crippen LogP contribution in [0.4, 0.5) is 17.5 Å². The second-order valence-electron chi connectivity index (χ2n) is 7.82. The standard InChI is InChI=1S/C24H28N6O4/c1-16-5-6-20(25-15-16)26-21-7-8-22(28-27-21)29-9-11-30(12-10-29)24(31)17-13-18(32-2)23(34-4)19(14-17)33-3/h5-8,13-15H,9-12H2,1-4H3,(H,25,26,27). The number of rotatable bonds is 7. The Hall–Kier alpha value is -4.08. The van der Waals surface area contributed by atoms with Crippen molar-refractivity contribution in [2.24, 2.45) is 0 Å². The van der Waals surface area contributed by atoms with E-state index in [-0.39, 0.29) is 5.91 Å². The third-order valence-electron chi connectivity index (χ3n) is 5.62. The molecular weight excluding hydrogens is 436 g/mol. The molecule has 3 heterocycles. The van der Waals surface area contributed by atoms with Gasteiger partial charge in [0.2, 0.25) is 5.75 Å². The number of ether oxygens (including phenoxy) is 3. The Kier molecular flexibility index (Phi) is 6.95. The van der Waals surface area contributed by atoms with Crippen molar-refractivity contribution in [3.05, 3.63) is 53.7 Å². The third kappa shape index (κ3) is 4.95. The van der Waals surface area contributed by atoms with Gasteiger partial charge < -0.3 is 29.3 Å². The topological polar surface area (TPSA) is 102 Å². The van der Waals surface area contributed by atoms with E-state index in [2.05, 4.69) is 25.4 Å². The van der Waals surface area contributed by atoms with Gasteiger partial charge in [0.05, 0.1) is 21.3 Å². The normalized spacial score (nSPS) is 13.4. The number of aryl methyl sites for hydroxylation is 1. The maximum atomic E-state index is 13.1. The zero-order valence-corrected chi connectivity index (χ0v) is 19.7. The number of carbonyl (C=O) groups is 1. The van der Waals surface area contributed by atoms with E-state index < -0.39 is 0 Å². The number of nitrogens with one attached hydrogen (secondary N) is 1. The summed E-state index contributed by atoms with van der Waals surface area (Å²) in [5.74, 6) is 3.38. The third-order valence-corrected chi connectivity index (χ3v) is 5.62. The van der Waals surface area contributed by atoms with Gasteiger partial charge in [0.25, 0.3) is 5.91 Å². The molecule has 1 amide bonds. The molecule has 0 saturated carbocycles. The van der Waals surface area contributed by atoms with Crippen LogP contribution in [0.25, 0.3) is 0 Å². The van der Waals surface area contributed by atoms with Crippen molar-refractivity contribution in [2.45, 2.75) is 6.92 Å². The summed E-state index contributed by atoms with van der Waals surface area (Å²) in [5.41, 5.74) is 1.58. The van der Waals surface area contributed by atoms with Crippen LogP contribution < -0.4 is 24.4 Å². The van der Waals surface area contributed by atoms with E-state index in [0.29, 0.717) is 60.6 Å². The van der Waals surface area contributed by atoms with Crippen LogP contribution in [0.5, 0.6) is 17.2 Å². The zero-order chi connectivity index (χ0) is 24.1. The van der Waals surface area contributed by atoms with E-state index in [1.54, 1.807) is 18.3 Å². The lowest BCUT2D eigenvalue weighted by molar-refractivity contribution is 0.0745. The molecule has 1 fully saturated rings. The first-order valence-corrected chi connectivity index (χ1v) is 10.9. The fourth-order valence-corrected chi connectivity index (χ4v) is 3.76. The number of hydrogen-bond acceptors (Lipinski definition) is 9. The number of amides is 1. The Balaban J connectivity index is 1.38. The number of carbonyl (C=O) groups excluding carboxylic acids is 1. The van der Waals surface area contributed by atoms with Crippen molar-refractivity contribution in [1.29, 1.82) is 0 Å². The molecule has 1 N–H and O–H groups in total. The van der Waals surface area contributed by atoms with Crippen LogP contribution in [0.3, 0.4) is 0 Å². The average molecular weight is 465 g/mol.